The highest BCUT2D eigenvalue weighted by atomic mass is 16.5. The van der Waals surface area contributed by atoms with Gasteiger partial charge < -0.3 is 4.74 Å². The van der Waals surface area contributed by atoms with Gasteiger partial charge in [-0.05, 0) is 19.1 Å². The smallest absolute Gasteiger partial charge is 0.332 e. The fraction of sp³-hybridized carbons (Fsp3) is 0.400. The van der Waals surface area contributed by atoms with Crippen LogP contribution in [0.2, 0.25) is 0 Å². The van der Waals surface area contributed by atoms with E-state index in [1.807, 2.05) is 43.6 Å². The second-order valence-corrected chi connectivity index (χ2v) is 5.72. The Hall–Kier alpha value is -1.81. The molecule has 0 atom stereocenters. The molecule has 1 aromatic carbocycles. The molecule has 1 aliphatic heterocycles. The number of hydrogen-bond donors (Lipinski definition) is 0. The predicted octanol–water partition coefficient (Wildman–Crippen LogP) is 1.98. The lowest BCUT2D eigenvalue weighted by Crippen LogP contribution is -2.45. The van der Waals surface area contributed by atoms with Crippen molar-refractivity contribution in [3.05, 3.63) is 52.7 Å². The molecule has 0 aliphatic carbocycles. The van der Waals surface area contributed by atoms with Gasteiger partial charge in [0.15, 0.2) is 0 Å². The van der Waals surface area contributed by atoms with Gasteiger partial charge in [0, 0.05) is 24.4 Å². The lowest BCUT2D eigenvalue weighted by molar-refractivity contribution is -0.110. The Kier molecular flexibility index (Phi) is 2.82. The Morgan fingerprint density at radius 2 is 1.89 bits per heavy atom. The van der Waals surface area contributed by atoms with E-state index in [9.17, 15) is 4.79 Å². The molecule has 1 aromatic heterocycles. The molecule has 3 rings (SSSR count). The maximum atomic E-state index is 12.4. The van der Waals surface area contributed by atoms with Gasteiger partial charge in [0.2, 0.25) is 0 Å². The van der Waals surface area contributed by atoms with E-state index in [1.165, 1.54) is 5.56 Å². The van der Waals surface area contributed by atoms with E-state index >= 15 is 0 Å². The summed E-state index contributed by atoms with van der Waals surface area (Å²) in [6.07, 6.45) is 3.68. The van der Waals surface area contributed by atoms with Gasteiger partial charge in [-0.15, -0.1) is 0 Å². The van der Waals surface area contributed by atoms with Crippen LogP contribution >= 0.6 is 0 Å². The molecule has 0 spiro atoms. The van der Waals surface area contributed by atoms with Crippen LogP contribution in [0.15, 0.2) is 41.5 Å². The summed E-state index contributed by atoms with van der Waals surface area (Å²) in [4.78, 5) is 12.4. The minimum Gasteiger partial charge on any atom is -0.380 e. The number of benzene rings is 1. The molecule has 0 unspecified atom stereocenters. The van der Waals surface area contributed by atoms with Gasteiger partial charge in [-0.1, -0.05) is 24.6 Å². The van der Waals surface area contributed by atoms with Crippen molar-refractivity contribution in [1.82, 2.24) is 9.13 Å². The maximum Gasteiger partial charge on any atom is 0.332 e. The zero-order valence-corrected chi connectivity index (χ0v) is 11.3. The quantitative estimate of drug-likeness (QED) is 0.844. The van der Waals surface area contributed by atoms with Crippen molar-refractivity contribution >= 4 is 0 Å². The fourth-order valence-corrected chi connectivity index (χ4v) is 2.39. The summed E-state index contributed by atoms with van der Waals surface area (Å²) in [7, 11) is 0. The van der Waals surface area contributed by atoms with Gasteiger partial charge in [-0.2, -0.15) is 0 Å². The molecule has 19 heavy (non-hydrogen) atoms. The average Bonchev–Trinajstić information content (AvgIpc) is 2.70. The van der Waals surface area contributed by atoms with Crippen LogP contribution in [0.1, 0.15) is 12.5 Å². The Balaban J connectivity index is 1.90. The summed E-state index contributed by atoms with van der Waals surface area (Å²) >= 11 is 0. The predicted molar refractivity (Wildman–Crippen MR) is 73.7 cm³/mol. The molecule has 0 radical (unpaired) electrons. The standard InChI is InChI=1S/C15H18N2O2/c1-12-3-5-13(6-4-12)17-8-7-16(14(17)18)9-15(2)10-19-11-15/h3-8H,9-11H2,1-2H3. The van der Waals surface area contributed by atoms with Crippen LogP contribution in [-0.4, -0.2) is 22.3 Å². The number of imidazole rings is 1. The molecule has 0 bridgehead atoms. The lowest BCUT2D eigenvalue weighted by atomic mass is 9.89. The Labute approximate surface area is 112 Å². The van der Waals surface area contributed by atoms with Crippen molar-refractivity contribution in [2.24, 2.45) is 5.41 Å². The summed E-state index contributed by atoms with van der Waals surface area (Å²) in [5, 5.41) is 0. The molecule has 2 heterocycles. The summed E-state index contributed by atoms with van der Waals surface area (Å²) in [5.74, 6) is 0. The van der Waals surface area contributed by atoms with Gasteiger partial charge in [-0.3, -0.25) is 9.13 Å². The molecule has 4 heteroatoms. The number of hydrogen-bond acceptors (Lipinski definition) is 2. The molecule has 2 aromatic rings. The van der Waals surface area contributed by atoms with Crippen LogP contribution in [0.3, 0.4) is 0 Å². The van der Waals surface area contributed by atoms with Gasteiger partial charge >= 0.3 is 5.69 Å². The van der Waals surface area contributed by atoms with Crippen molar-refractivity contribution in [1.29, 1.82) is 0 Å². The van der Waals surface area contributed by atoms with Crippen LogP contribution < -0.4 is 5.69 Å². The third kappa shape index (κ3) is 2.24. The van der Waals surface area contributed by atoms with E-state index in [-0.39, 0.29) is 11.1 Å². The van der Waals surface area contributed by atoms with E-state index in [4.69, 9.17) is 4.74 Å². The van der Waals surface area contributed by atoms with Gasteiger partial charge in [0.05, 0.1) is 18.9 Å². The second-order valence-electron chi connectivity index (χ2n) is 5.72. The lowest BCUT2D eigenvalue weighted by Gasteiger charge is -2.37. The van der Waals surface area contributed by atoms with Crippen molar-refractivity contribution < 1.29 is 4.74 Å². The van der Waals surface area contributed by atoms with Gasteiger partial charge in [0.25, 0.3) is 0 Å². The van der Waals surface area contributed by atoms with E-state index in [2.05, 4.69) is 6.92 Å². The van der Waals surface area contributed by atoms with Crippen LogP contribution in [-0.2, 0) is 11.3 Å². The highest BCUT2D eigenvalue weighted by Gasteiger charge is 2.34. The third-order valence-electron chi connectivity index (χ3n) is 3.61. The van der Waals surface area contributed by atoms with Crippen LogP contribution in [0.5, 0.6) is 0 Å². The molecule has 1 saturated heterocycles. The fourth-order valence-electron chi connectivity index (χ4n) is 2.39. The number of aryl methyl sites for hydroxylation is 1. The molecular weight excluding hydrogens is 240 g/mol. The molecule has 0 N–H and O–H groups in total. The topological polar surface area (TPSA) is 36.2 Å². The van der Waals surface area contributed by atoms with Crippen LogP contribution in [0.4, 0.5) is 0 Å². The van der Waals surface area contributed by atoms with E-state index in [1.54, 1.807) is 9.13 Å². The molecule has 0 saturated carbocycles. The largest absolute Gasteiger partial charge is 0.380 e. The van der Waals surface area contributed by atoms with Crippen LogP contribution in [0, 0.1) is 12.3 Å². The van der Waals surface area contributed by atoms with Gasteiger partial charge in [0.1, 0.15) is 0 Å². The van der Waals surface area contributed by atoms with Crippen molar-refractivity contribution in [3.63, 3.8) is 0 Å². The first-order valence-electron chi connectivity index (χ1n) is 6.50. The SMILES string of the molecule is Cc1ccc(-n2ccn(CC3(C)COC3)c2=O)cc1. The Morgan fingerprint density at radius 3 is 2.47 bits per heavy atom. The zero-order valence-electron chi connectivity index (χ0n) is 11.3. The van der Waals surface area contributed by atoms with E-state index in [0.717, 1.165) is 18.9 Å². The molecule has 100 valence electrons. The minimum atomic E-state index is 0.0111. The normalized spacial score (nSPS) is 17.2. The highest BCUT2D eigenvalue weighted by molar-refractivity contribution is 5.34. The molecule has 1 aliphatic rings. The van der Waals surface area contributed by atoms with Crippen molar-refractivity contribution in [2.45, 2.75) is 20.4 Å². The van der Waals surface area contributed by atoms with Gasteiger partial charge in [-0.25, -0.2) is 4.79 Å². The number of ether oxygens (including phenoxy) is 1. The van der Waals surface area contributed by atoms with E-state index < -0.39 is 0 Å². The molecule has 4 nitrogen and oxygen atoms in total. The Bertz CT molecular complexity index is 633. The number of nitrogens with zero attached hydrogens (tertiary/aromatic N) is 2. The first kappa shape index (κ1) is 12.2. The molecule has 0 amide bonds. The van der Waals surface area contributed by atoms with Crippen LogP contribution in [0.25, 0.3) is 5.69 Å². The monoisotopic (exact) mass is 258 g/mol. The Morgan fingerprint density at radius 1 is 1.21 bits per heavy atom. The number of aromatic nitrogens is 2. The van der Waals surface area contributed by atoms with Crippen molar-refractivity contribution in [3.8, 4) is 5.69 Å². The maximum absolute atomic E-state index is 12.4. The van der Waals surface area contributed by atoms with E-state index in [0.29, 0.717) is 6.54 Å². The van der Waals surface area contributed by atoms with Crippen molar-refractivity contribution in [2.75, 3.05) is 13.2 Å². The molecule has 1 fully saturated rings. The average molecular weight is 258 g/mol. The number of rotatable bonds is 3. The first-order valence-corrected chi connectivity index (χ1v) is 6.50. The third-order valence-corrected chi connectivity index (χ3v) is 3.61. The minimum absolute atomic E-state index is 0.0111. The molecular formula is C15H18N2O2. The highest BCUT2D eigenvalue weighted by Crippen LogP contribution is 2.27. The summed E-state index contributed by atoms with van der Waals surface area (Å²) in [6, 6.07) is 7.96. The summed E-state index contributed by atoms with van der Waals surface area (Å²) in [5.41, 5.74) is 2.21. The zero-order chi connectivity index (χ0) is 13.5. The first-order chi connectivity index (χ1) is 9.07. The summed E-state index contributed by atoms with van der Waals surface area (Å²) in [6.45, 7) is 6.36. The summed E-state index contributed by atoms with van der Waals surface area (Å²) < 4.78 is 8.68. The second kappa shape index (κ2) is 4.38.